The highest BCUT2D eigenvalue weighted by atomic mass is 32.1. The molecule has 10 heteroatoms. The van der Waals surface area contributed by atoms with E-state index < -0.39 is 23.3 Å². The maximum Gasteiger partial charge on any atom is 0.427 e. The Morgan fingerprint density at radius 1 is 1.10 bits per heavy atom. The van der Waals surface area contributed by atoms with Crippen LogP contribution in [0.3, 0.4) is 0 Å². The summed E-state index contributed by atoms with van der Waals surface area (Å²) < 4.78 is 75.3. The number of anilines is 1. The first-order valence-corrected chi connectivity index (χ1v) is 6.99. The Morgan fingerprint density at radius 3 is 2.10 bits per heavy atom. The number of rotatable bonds is 2. The smallest absolute Gasteiger partial charge is 0.346 e. The molecule has 0 aromatic carbocycles. The van der Waals surface area contributed by atoms with Gasteiger partial charge in [0.15, 0.2) is 5.13 Å². The second-order valence-corrected chi connectivity index (χ2v) is 5.75. The predicted molar refractivity (Wildman–Crippen MR) is 66.4 cm³/mol. The Morgan fingerprint density at radius 2 is 1.67 bits per heavy atom. The molecular formula is C11H13F6N3S. The Labute approximate surface area is 121 Å². The zero-order chi connectivity index (χ0) is 15.8. The SMILES string of the molecule is CC(N1CCN(c2ncc(C(F)(F)F)s2)CC1)C(F)(F)F. The molecule has 3 nitrogen and oxygen atoms in total. The first-order chi connectivity index (χ1) is 9.59. The molecule has 1 aliphatic rings. The van der Waals surface area contributed by atoms with Crippen LogP contribution >= 0.6 is 11.3 Å². The van der Waals surface area contributed by atoms with E-state index in [9.17, 15) is 26.3 Å². The lowest BCUT2D eigenvalue weighted by Gasteiger charge is -2.38. The van der Waals surface area contributed by atoms with Gasteiger partial charge in [0, 0.05) is 26.2 Å². The van der Waals surface area contributed by atoms with Crippen molar-refractivity contribution in [3.05, 3.63) is 11.1 Å². The Hall–Kier alpha value is -1.03. The molecular weight excluding hydrogens is 320 g/mol. The van der Waals surface area contributed by atoms with Gasteiger partial charge in [-0.2, -0.15) is 26.3 Å². The van der Waals surface area contributed by atoms with Gasteiger partial charge < -0.3 is 4.90 Å². The molecule has 0 N–H and O–H groups in total. The van der Waals surface area contributed by atoms with E-state index in [0.29, 0.717) is 11.3 Å². The molecule has 0 amide bonds. The summed E-state index contributed by atoms with van der Waals surface area (Å²) in [5.74, 6) is 0. The Balaban J connectivity index is 1.97. The lowest BCUT2D eigenvalue weighted by Crippen LogP contribution is -2.53. The van der Waals surface area contributed by atoms with Gasteiger partial charge in [0.25, 0.3) is 0 Å². The molecule has 1 atom stereocenters. The lowest BCUT2D eigenvalue weighted by molar-refractivity contribution is -0.179. The van der Waals surface area contributed by atoms with E-state index >= 15 is 0 Å². The van der Waals surface area contributed by atoms with E-state index in [0.717, 1.165) is 13.1 Å². The second kappa shape index (κ2) is 5.64. The Kier molecular flexibility index (Phi) is 4.39. The van der Waals surface area contributed by atoms with Crippen molar-refractivity contribution >= 4 is 16.5 Å². The zero-order valence-electron chi connectivity index (χ0n) is 11.0. The first-order valence-electron chi connectivity index (χ1n) is 6.18. The molecule has 1 fully saturated rings. The summed E-state index contributed by atoms with van der Waals surface area (Å²) in [5.41, 5.74) is 0. The molecule has 1 unspecified atom stereocenters. The van der Waals surface area contributed by atoms with E-state index in [2.05, 4.69) is 4.98 Å². The highest BCUT2D eigenvalue weighted by molar-refractivity contribution is 7.15. The van der Waals surface area contributed by atoms with E-state index in [-0.39, 0.29) is 31.3 Å². The van der Waals surface area contributed by atoms with Crippen molar-refractivity contribution in [1.29, 1.82) is 0 Å². The number of hydrogen-bond donors (Lipinski definition) is 0. The summed E-state index contributed by atoms with van der Waals surface area (Å²) in [6.07, 6.45) is -7.99. The number of thiazole rings is 1. The fourth-order valence-electron chi connectivity index (χ4n) is 2.05. The zero-order valence-corrected chi connectivity index (χ0v) is 11.8. The van der Waals surface area contributed by atoms with Crippen LogP contribution in [0.2, 0.25) is 0 Å². The normalized spacial score (nSPS) is 19.9. The number of hydrogen-bond acceptors (Lipinski definition) is 4. The Bertz CT molecular complexity index is 475. The minimum Gasteiger partial charge on any atom is -0.346 e. The largest absolute Gasteiger partial charge is 0.427 e. The quantitative estimate of drug-likeness (QED) is 0.775. The third kappa shape index (κ3) is 3.79. The maximum atomic E-state index is 12.6. The average Bonchev–Trinajstić information content (AvgIpc) is 2.86. The minimum absolute atomic E-state index is 0.140. The monoisotopic (exact) mass is 333 g/mol. The standard InChI is InChI=1S/C11H13F6N3S/c1-7(10(12,13)14)19-2-4-20(5-3-19)9-18-6-8(21-9)11(15,16)17/h6-7H,2-5H2,1H3. The molecule has 2 heterocycles. The highest BCUT2D eigenvalue weighted by Gasteiger charge is 2.41. The minimum atomic E-state index is -4.44. The van der Waals surface area contributed by atoms with Crippen molar-refractivity contribution in [3.63, 3.8) is 0 Å². The summed E-state index contributed by atoms with van der Waals surface area (Å²) in [6.45, 7) is 1.82. The van der Waals surface area contributed by atoms with Crippen LogP contribution in [-0.2, 0) is 6.18 Å². The van der Waals surface area contributed by atoms with Gasteiger partial charge in [-0.05, 0) is 6.92 Å². The number of aromatic nitrogens is 1. The molecule has 1 aromatic heterocycles. The molecule has 1 aliphatic heterocycles. The van der Waals surface area contributed by atoms with Crippen LogP contribution in [0.5, 0.6) is 0 Å². The number of nitrogens with zero attached hydrogens (tertiary/aromatic N) is 3. The van der Waals surface area contributed by atoms with Gasteiger partial charge >= 0.3 is 12.4 Å². The number of piperazine rings is 1. The summed E-state index contributed by atoms with van der Waals surface area (Å²) >= 11 is 0.511. The highest BCUT2D eigenvalue weighted by Crippen LogP contribution is 2.36. The molecule has 0 aliphatic carbocycles. The fourth-order valence-corrected chi connectivity index (χ4v) is 2.88. The van der Waals surface area contributed by atoms with Crippen molar-refractivity contribution < 1.29 is 26.3 Å². The third-order valence-corrected chi connectivity index (χ3v) is 4.48. The molecule has 2 rings (SSSR count). The molecule has 0 saturated carbocycles. The van der Waals surface area contributed by atoms with Crippen LogP contribution < -0.4 is 4.90 Å². The van der Waals surface area contributed by atoms with Gasteiger partial charge in [0.2, 0.25) is 0 Å². The van der Waals surface area contributed by atoms with Crippen molar-refractivity contribution in [3.8, 4) is 0 Å². The van der Waals surface area contributed by atoms with Gasteiger partial charge in [-0.25, -0.2) is 4.98 Å². The van der Waals surface area contributed by atoms with Crippen LogP contribution in [0.25, 0.3) is 0 Å². The fraction of sp³-hybridized carbons (Fsp3) is 0.727. The second-order valence-electron chi connectivity index (χ2n) is 4.75. The molecule has 0 spiro atoms. The molecule has 21 heavy (non-hydrogen) atoms. The van der Waals surface area contributed by atoms with Crippen molar-refractivity contribution in [2.24, 2.45) is 0 Å². The predicted octanol–water partition coefficient (Wildman–Crippen LogP) is 3.23. The molecule has 1 aromatic rings. The molecule has 1 saturated heterocycles. The topological polar surface area (TPSA) is 19.4 Å². The third-order valence-electron chi connectivity index (χ3n) is 3.38. The number of alkyl halides is 6. The summed E-state index contributed by atoms with van der Waals surface area (Å²) in [5, 5.41) is 0.196. The summed E-state index contributed by atoms with van der Waals surface area (Å²) in [4.78, 5) is 5.76. The molecule has 120 valence electrons. The van der Waals surface area contributed by atoms with Gasteiger partial charge in [-0.1, -0.05) is 11.3 Å². The lowest BCUT2D eigenvalue weighted by atomic mass is 10.2. The van der Waals surface area contributed by atoms with Crippen LogP contribution in [0.15, 0.2) is 6.20 Å². The van der Waals surface area contributed by atoms with Crippen molar-refractivity contribution in [2.75, 3.05) is 31.1 Å². The summed E-state index contributed by atoms with van der Waals surface area (Å²) in [6, 6.07) is -1.55. The molecule has 0 bridgehead atoms. The molecule has 0 radical (unpaired) electrons. The van der Waals surface area contributed by atoms with E-state index in [1.54, 1.807) is 4.90 Å². The number of halogens is 6. The summed E-state index contributed by atoms with van der Waals surface area (Å²) in [7, 11) is 0. The maximum absolute atomic E-state index is 12.6. The average molecular weight is 333 g/mol. The van der Waals surface area contributed by atoms with Crippen LogP contribution in [0.1, 0.15) is 11.8 Å². The van der Waals surface area contributed by atoms with Crippen molar-refractivity contribution in [1.82, 2.24) is 9.88 Å². The van der Waals surface area contributed by atoms with Crippen LogP contribution in [-0.4, -0.2) is 48.3 Å². The van der Waals surface area contributed by atoms with E-state index in [1.165, 1.54) is 4.90 Å². The van der Waals surface area contributed by atoms with Gasteiger partial charge in [0.05, 0.1) is 6.20 Å². The van der Waals surface area contributed by atoms with Crippen LogP contribution in [0, 0.1) is 0 Å². The van der Waals surface area contributed by atoms with E-state index in [1.807, 2.05) is 0 Å². The van der Waals surface area contributed by atoms with Gasteiger partial charge in [-0.3, -0.25) is 4.90 Å². The van der Waals surface area contributed by atoms with Gasteiger partial charge in [-0.15, -0.1) is 0 Å². The van der Waals surface area contributed by atoms with Crippen molar-refractivity contribution in [2.45, 2.75) is 25.3 Å². The first kappa shape index (κ1) is 16.3. The van der Waals surface area contributed by atoms with Gasteiger partial charge in [0.1, 0.15) is 10.9 Å². The van der Waals surface area contributed by atoms with E-state index in [4.69, 9.17) is 0 Å². The van der Waals surface area contributed by atoms with Crippen LogP contribution in [0.4, 0.5) is 31.5 Å².